The molecular formula is C14H24N4O. The summed E-state index contributed by atoms with van der Waals surface area (Å²) in [6.07, 6.45) is 6.84. The Morgan fingerprint density at radius 3 is 2.84 bits per heavy atom. The molecule has 106 valence electrons. The van der Waals surface area contributed by atoms with Gasteiger partial charge in [0.05, 0.1) is 12.0 Å². The molecule has 1 amide bonds. The highest BCUT2D eigenvalue weighted by atomic mass is 16.1. The zero-order chi connectivity index (χ0) is 13.9. The van der Waals surface area contributed by atoms with Gasteiger partial charge in [0.1, 0.15) is 0 Å². The number of imidazole rings is 1. The lowest BCUT2D eigenvalue weighted by Gasteiger charge is -2.20. The van der Waals surface area contributed by atoms with Crippen LogP contribution in [0.2, 0.25) is 0 Å². The first kappa shape index (κ1) is 14.1. The smallest absolute Gasteiger partial charge is 0.221 e. The summed E-state index contributed by atoms with van der Waals surface area (Å²) in [4.78, 5) is 15.8. The molecule has 0 aromatic carbocycles. The Kier molecular flexibility index (Phi) is 4.24. The standard InChI is InChI=1S/C14H24N4O/c1-14(2,3)17-13(19)6-7-15-8-12-9-16-10-18(12)11-4-5-11/h9-11,15H,4-8H2,1-3H3,(H,17,19). The normalized spacial score (nSPS) is 15.5. The quantitative estimate of drug-likeness (QED) is 0.768. The van der Waals surface area contributed by atoms with Gasteiger partial charge in [0.15, 0.2) is 0 Å². The zero-order valence-corrected chi connectivity index (χ0v) is 12.1. The van der Waals surface area contributed by atoms with E-state index < -0.39 is 0 Å². The minimum atomic E-state index is -0.151. The number of carbonyl (C=O) groups excluding carboxylic acids is 1. The maximum atomic E-state index is 11.6. The van der Waals surface area contributed by atoms with Gasteiger partial charge in [0, 0.05) is 37.3 Å². The first-order chi connectivity index (χ1) is 8.96. The van der Waals surface area contributed by atoms with E-state index in [1.54, 1.807) is 0 Å². The van der Waals surface area contributed by atoms with Crippen molar-refractivity contribution in [2.75, 3.05) is 6.54 Å². The summed E-state index contributed by atoms with van der Waals surface area (Å²) in [5.74, 6) is 0.0932. The number of amides is 1. The second-order valence-corrected chi connectivity index (χ2v) is 6.25. The highest BCUT2D eigenvalue weighted by molar-refractivity contribution is 5.76. The van der Waals surface area contributed by atoms with Crippen molar-refractivity contribution in [1.29, 1.82) is 0 Å². The average molecular weight is 264 g/mol. The van der Waals surface area contributed by atoms with Crippen molar-refractivity contribution in [2.45, 2.75) is 58.2 Å². The molecule has 1 fully saturated rings. The highest BCUT2D eigenvalue weighted by Crippen LogP contribution is 2.35. The molecule has 1 heterocycles. The van der Waals surface area contributed by atoms with Gasteiger partial charge >= 0.3 is 0 Å². The van der Waals surface area contributed by atoms with Crippen molar-refractivity contribution in [3.8, 4) is 0 Å². The summed E-state index contributed by atoms with van der Waals surface area (Å²) < 4.78 is 2.24. The summed E-state index contributed by atoms with van der Waals surface area (Å²) in [5.41, 5.74) is 1.06. The van der Waals surface area contributed by atoms with Crippen LogP contribution in [-0.4, -0.2) is 27.5 Å². The Balaban J connectivity index is 1.66. The molecule has 0 atom stereocenters. The van der Waals surface area contributed by atoms with Crippen LogP contribution in [0.5, 0.6) is 0 Å². The van der Waals surface area contributed by atoms with E-state index in [1.165, 1.54) is 18.5 Å². The molecule has 1 aliphatic rings. The molecule has 0 saturated heterocycles. The second-order valence-electron chi connectivity index (χ2n) is 6.25. The van der Waals surface area contributed by atoms with Crippen LogP contribution in [0, 0.1) is 0 Å². The fourth-order valence-corrected chi connectivity index (χ4v) is 2.05. The molecular weight excluding hydrogens is 240 g/mol. The van der Waals surface area contributed by atoms with Crippen molar-refractivity contribution >= 4 is 5.91 Å². The van der Waals surface area contributed by atoms with Crippen molar-refractivity contribution < 1.29 is 4.79 Å². The van der Waals surface area contributed by atoms with Gasteiger partial charge in [-0.1, -0.05) is 0 Å². The lowest BCUT2D eigenvalue weighted by Crippen LogP contribution is -2.41. The van der Waals surface area contributed by atoms with E-state index >= 15 is 0 Å². The Morgan fingerprint density at radius 2 is 2.21 bits per heavy atom. The van der Waals surface area contributed by atoms with Gasteiger partial charge in [0.2, 0.25) is 5.91 Å². The highest BCUT2D eigenvalue weighted by Gasteiger charge is 2.24. The minimum Gasteiger partial charge on any atom is -0.351 e. The molecule has 2 rings (SSSR count). The van der Waals surface area contributed by atoms with Crippen LogP contribution in [0.3, 0.4) is 0 Å². The SMILES string of the molecule is CC(C)(C)NC(=O)CCNCc1cncn1C1CC1. The van der Waals surface area contributed by atoms with Gasteiger partial charge in [-0.15, -0.1) is 0 Å². The average Bonchev–Trinajstić information content (AvgIpc) is 3.02. The maximum Gasteiger partial charge on any atom is 0.221 e. The van der Waals surface area contributed by atoms with Crippen LogP contribution >= 0.6 is 0 Å². The van der Waals surface area contributed by atoms with Gasteiger partial charge in [-0.2, -0.15) is 0 Å². The number of rotatable bonds is 6. The molecule has 19 heavy (non-hydrogen) atoms. The summed E-state index contributed by atoms with van der Waals surface area (Å²) in [6.45, 7) is 7.45. The fourth-order valence-electron chi connectivity index (χ4n) is 2.05. The van der Waals surface area contributed by atoms with E-state index in [-0.39, 0.29) is 11.4 Å². The van der Waals surface area contributed by atoms with E-state index in [4.69, 9.17) is 0 Å². The van der Waals surface area contributed by atoms with E-state index in [9.17, 15) is 4.79 Å². The lowest BCUT2D eigenvalue weighted by atomic mass is 10.1. The molecule has 0 spiro atoms. The van der Waals surface area contributed by atoms with Crippen molar-refractivity contribution in [3.05, 3.63) is 18.2 Å². The molecule has 1 aromatic rings. The summed E-state index contributed by atoms with van der Waals surface area (Å²) >= 11 is 0. The number of hydrogen-bond acceptors (Lipinski definition) is 3. The first-order valence-corrected chi connectivity index (χ1v) is 6.98. The van der Waals surface area contributed by atoms with Crippen LogP contribution in [-0.2, 0) is 11.3 Å². The molecule has 0 bridgehead atoms. The predicted octanol–water partition coefficient (Wildman–Crippen LogP) is 1.61. The molecule has 1 saturated carbocycles. The number of nitrogens with one attached hydrogen (secondary N) is 2. The molecule has 0 unspecified atom stereocenters. The van der Waals surface area contributed by atoms with E-state index in [1.807, 2.05) is 33.3 Å². The summed E-state index contributed by atoms with van der Waals surface area (Å²) in [6, 6.07) is 0.656. The lowest BCUT2D eigenvalue weighted by molar-refractivity contribution is -0.122. The molecule has 0 radical (unpaired) electrons. The Morgan fingerprint density at radius 1 is 1.47 bits per heavy atom. The van der Waals surface area contributed by atoms with Gasteiger partial charge < -0.3 is 15.2 Å². The number of hydrogen-bond donors (Lipinski definition) is 2. The van der Waals surface area contributed by atoms with Gasteiger partial charge in [-0.25, -0.2) is 4.98 Å². The Labute approximate surface area is 114 Å². The minimum absolute atomic E-state index is 0.0932. The third-order valence-corrected chi connectivity index (χ3v) is 3.04. The molecule has 5 heteroatoms. The summed E-state index contributed by atoms with van der Waals surface area (Å²) in [5, 5.41) is 6.26. The molecule has 5 nitrogen and oxygen atoms in total. The molecule has 1 aliphatic carbocycles. The predicted molar refractivity (Wildman–Crippen MR) is 74.7 cm³/mol. The Bertz CT molecular complexity index is 429. The number of carbonyl (C=O) groups is 1. The maximum absolute atomic E-state index is 11.6. The van der Waals surface area contributed by atoms with E-state index in [0.717, 1.165) is 6.54 Å². The topological polar surface area (TPSA) is 59.0 Å². The van der Waals surface area contributed by atoms with Crippen molar-refractivity contribution in [3.63, 3.8) is 0 Å². The van der Waals surface area contributed by atoms with Gasteiger partial charge in [-0.3, -0.25) is 4.79 Å². The van der Waals surface area contributed by atoms with Crippen LogP contribution in [0.1, 0.15) is 51.8 Å². The van der Waals surface area contributed by atoms with E-state index in [2.05, 4.69) is 20.2 Å². The fraction of sp³-hybridized carbons (Fsp3) is 0.714. The molecule has 0 aliphatic heterocycles. The largest absolute Gasteiger partial charge is 0.351 e. The van der Waals surface area contributed by atoms with Crippen LogP contribution < -0.4 is 10.6 Å². The van der Waals surface area contributed by atoms with Crippen molar-refractivity contribution in [1.82, 2.24) is 20.2 Å². The second kappa shape index (κ2) is 5.74. The van der Waals surface area contributed by atoms with Crippen LogP contribution in [0.25, 0.3) is 0 Å². The Hall–Kier alpha value is -1.36. The monoisotopic (exact) mass is 264 g/mol. The number of nitrogens with zero attached hydrogens (tertiary/aromatic N) is 2. The third-order valence-electron chi connectivity index (χ3n) is 3.04. The van der Waals surface area contributed by atoms with Crippen LogP contribution in [0.4, 0.5) is 0 Å². The molecule has 2 N–H and O–H groups in total. The van der Waals surface area contributed by atoms with Gasteiger partial charge in [-0.05, 0) is 33.6 Å². The van der Waals surface area contributed by atoms with Crippen molar-refractivity contribution in [2.24, 2.45) is 0 Å². The number of aromatic nitrogens is 2. The molecule has 1 aromatic heterocycles. The zero-order valence-electron chi connectivity index (χ0n) is 12.1. The van der Waals surface area contributed by atoms with E-state index in [0.29, 0.717) is 19.0 Å². The summed E-state index contributed by atoms with van der Waals surface area (Å²) in [7, 11) is 0. The first-order valence-electron chi connectivity index (χ1n) is 6.98. The van der Waals surface area contributed by atoms with Gasteiger partial charge in [0.25, 0.3) is 0 Å². The third kappa shape index (κ3) is 4.67. The van der Waals surface area contributed by atoms with Crippen LogP contribution in [0.15, 0.2) is 12.5 Å².